The number of dihydropyridines is 1. The van der Waals surface area contributed by atoms with Crippen LogP contribution in [0.2, 0.25) is 0 Å². The number of aromatic nitrogens is 4. The van der Waals surface area contributed by atoms with Gasteiger partial charge in [0.1, 0.15) is 5.69 Å². The second kappa shape index (κ2) is 9.73. The Balaban J connectivity index is 1.69. The fourth-order valence-corrected chi connectivity index (χ4v) is 5.53. The third-order valence-electron chi connectivity index (χ3n) is 8.73. The summed E-state index contributed by atoms with van der Waals surface area (Å²) in [6.07, 6.45) is 3.07. The van der Waals surface area contributed by atoms with Crippen LogP contribution < -0.4 is 11.1 Å². The van der Waals surface area contributed by atoms with Crippen LogP contribution in [-0.2, 0) is 12.8 Å². The van der Waals surface area contributed by atoms with E-state index in [9.17, 15) is 0 Å². The highest BCUT2D eigenvalue weighted by Crippen LogP contribution is 2.34. The van der Waals surface area contributed by atoms with Gasteiger partial charge in [0.2, 0.25) is 0 Å². The molecule has 4 N–H and O–H groups in total. The SMILES string of the molecule is CCc1nn2c(C)c(C)c(C)c(C)c2c1N=C1N=C(Nc2c(CC)nn3c(C)c(C)c(C)c(C)c23)C(=N)C=C1N. The predicted molar refractivity (Wildman–Crippen MR) is 165 cm³/mol. The number of fused-ring (bicyclic) bond motifs is 2. The molecule has 0 fully saturated rings. The van der Waals surface area contributed by atoms with Crippen molar-refractivity contribution in [1.82, 2.24) is 19.2 Å². The largest absolute Gasteiger partial charge is 0.396 e. The van der Waals surface area contributed by atoms with E-state index in [1.165, 1.54) is 22.3 Å². The first-order chi connectivity index (χ1) is 18.9. The average molecular weight is 538 g/mol. The number of aliphatic imine (C=N–C) groups is 2. The van der Waals surface area contributed by atoms with E-state index in [-0.39, 0.29) is 5.71 Å². The maximum absolute atomic E-state index is 8.70. The van der Waals surface area contributed by atoms with Crippen molar-refractivity contribution in [3.63, 3.8) is 0 Å². The van der Waals surface area contributed by atoms with Crippen LogP contribution in [-0.4, -0.2) is 36.6 Å². The van der Waals surface area contributed by atoms with Crippen LogP contribution >= 0.6 is 0 Å². The van der Waals surface area contributed by atoms with Crippen molar-refractivity contribution < 1.29 is 0 Å². The molecule has 0 spiro atoms. The van der Waals surface area contributed by atoms with Gasteiger partial charge in [0, 0.05) is 11.4 Å². The predicted octanol–water partition coefficient (Wildman–Crippen LogP) is 5.99. The molecule has 0 unspecified atom stereocenters. The zero-order valence-corrected chi connectivity index (χ0v) is 25.3. The number of nitrogens with two attached hydrogens (primary N) is 1. The second-order valence-electron chi connectivity index (χ2n) is 10.8. The van der Waals surface area contributed by atoms with Crippen LogP contribution in [0.25, 0.3) is 11.0 Å². The molecule has 1 aliphatic heterocycles. The van der Waals surface area contributed by atoms with Crippen molar-refractivity contribution in [3.8, 4) is 0 Å². The lowest BCUT2D eigenvalue weighted by Gasteiger charge is -2.17. The van der Waals surface area contributed by atoms with Crippen molar-refractivity contribution in [2.45, 2.75) is 82.1 Å². The molecule has 1 aliphatic rings. The zero-order chi connectivity index (χ0) is 29.2. The van der Waals surface area contributed by atoms with Gasteiger partial charge in [-0.25, -0.2) is 19.0 Å². The van der Waals surface area contributed by atoms with Gasteiger partial charge in [-0.1, -0.05) is 13.8 Å². The fourth-order valence-electron chi connectivity index (χ4n) is 5.53. The lowest BCUT2D eigenvalue weighted by atomic mass is 10.0. The van der Waals surface area contributed by atoms with E-state index in [1.807, 2.05) is 9.03 Å². The third-order valence-corrected chi connectivity index (χ3v) is 8.73. The van der Waals surface area contributed by atoms with Crippen molar-refractivity contribution in [2.24, 2.45) is 15.7 Å². The number of amidine groups is 2. The molecule has 40 heavy (non-hydrogen) atoms. The molecule has 0 saturated carbocycles. The van der Waals surface area contributed by atoms with Gasteiger partial charge in [0.15, 0.2) is 11.7 Å². The molecule has 5 rings (SSSR count). The minimum absolute atomic E-state index is 0.199. The van der Waals surface area contributed by atoms with Gasteiger partial charge >= 0.3 is 0 Å². The first-order valence-corrected chi connectivity index (χ1v) is 13.9. The Morgan fingerprint density at radius 3 is 1.88 bits per heavy atom. The van der Waals surface area contributed by atoms with Crippen molar-refractivity contribution in [2.75, 3.05) is 5.32 Å². The molecule has 0 aromatic carbocycles. The van der Waals surface area contributed by atoms with Gasteiger partial charge in [0.05, 0.1) is 39.5 Å². The summed E-state index contributed by atoms with van der Waals surface area (Å²) in [6, 6.07) is 0. The molecular formula is C31H39N9. The molecule has 0 atom stereocenters. The van der Waals surface area contributed by atoms with Gasteiger partial charge < -0.3 is 11.1 Å². The first kappa shape index (κ1) is 27.3. The van der Waals surface area contributed by atoms with Gasteiger partial charge in [-0.15, -0.1) is 0 Å². The fraction of sp³-hybridized carbons (Fsp3) is 0.387. The summed E-state index contributed by atoms with van der Waals surface area (Å²) < 4.78 is 4.00. The molecular weight excluding hydrogens is 498 g/mol. The molecule has 5 heterocycles. The summed E-state index contributed by atoms with van der Waals surface area (Å²) in [6.45, 7) is 21.1. The van der Waals surface area contributed by atoms with E-state index < -0.39 is 0 Å². The van der Waals surface area contributed by atoms with E-state index in [2.05, 4.69) is 74.6 Å². The normalized spacial score (nSPS) is 14.9. The zero-order valence-electron chi connectivity index (χ0n) is 25.3. The van der Waals surface area contributed by atoms with E-state index in [0.29, 0.717) is 17.4 Å². The summed E-state index contributed by atoms with van der Waals surface area (Å²) in [5, 5.41) is 22.0. The number of hydrogen-bond acceptors (Lipinski definition) is 6. The van der Waals surface area contributed by atoms with E-state index in [1.54, 1.807) is 6.08 Å². The van der Waals surface area contributed by atoms with Crippen molar-refractivity contribution in [3.05, 3.63) is 67.9 Å². The van der Waals surface area contributed by atoms with E-state index in [4.69, 9.17) is 31.3 Å². The van der Waals surface area contributed by atoms with E-state index in [0.717, 1.165) is 69.2 Å². The maximum Gasteiger partial charge on any atom is 0.178 e. The Hall–Kier alpha value is -4.27. The van der Waals surface area contributed by atoms with Crippen molar-refractivity contribution in [1.29, 1.82) is 5.41 Å². The third kappa shape index (κ3) is 3.94. The summed E-state index contributed by atoms with van der Waals surface area (Å²) in [5.74, 6) is 0.759. The number of nitrogens with one attached hydrogen (secondary N) is 2. The Morgan fingerprint density at radius 2 is 1.30 bits per heavy atom. The molecule has 4 aromatic heterocycles. The number of rotatable bonds is 4. The lowest BCUT2D eigenvalue weighted by molar-refractivity contribution is 0.853. The second-order valence-corrected chi connectivity index (χ2v) is 10.8. The number of aryl methyl sites for hydroxylation is 6. The Labute approximate surface area is 235 Å². The molecule has 0 bridgehead atoms. The highest BCUT2D eigenvalue weighted by molar-refractivity contribution is 6.52. The van der Waals surface area contributed by atoms with Crippen LogP contribution in [0.3, 0.4) is 0 Å². The van der Waals surface area contributed by atoms with Gasteiger partial charge in [0.25, 0.3) is 0 Å². The minimum Gasteiger partial charge on any atom is -0.396 e. The first-order valence-electron chi connectivity index (χ1n) is 13.9. The summed E-state index contributed by atoms with van der Waals surface area (Å²) >= 11 is 0. The molecule has 208 valence electrons. The number of hydrogen-bond donors (Lipinski definition) is 3. The molecule has 0 amide bonds. The van der Waals surface area contributed by atoms with Crippen LogP contribution in [0, 0.1) is 60.8 Å². The molecule has 0 aliphatic carbocycles. The van der Waals surface area contributed by atoms with Gasteiger partial charge in [-0.05, 0) is 108 Å². The quantitative estimate of drug-likeness (QED) is 0.296. The monoisotopic (exact) mass is 537 g/mol. The van der Waals surface area contributed by atoms with Crippen molar-refractivity contribution >= 4 is 39.8 Å². The van der Waals surface area contributed by atoms with Crippen LogP contribution in [0.15, 0.2) is 21.8 Å². The van der Waals surface area contributed by atoms with Crippen LogP contribution in [0.4, 0.5) is 11.4 Å². The summed E-state index contributed by atoms with van der Waals surface area (Å²) in [5.41, 5.74) is 21.8. The van der Waals surface area contributed by atoms with Gasteiger partial charge in [-0.3, -0.25) is 5.41 Å². The van der Waals surface area contributed by atoms with Crippen LogP contribution in [0.1, 0.15) is 70.0 Å². The standard InChI is InChI=1S/C31H39N9/c1-11-24-26(28-18(7)14(3)16(5)20(9)39(28)37-24)34-30-22(32)13-23(33)31(36-30)35-27-25(12-2)38-40-21(10)17(6)15(4)19(8)29(27)40/h13,32H,11-12,33H2,1-10H3,(H,34,35,36). The minimum atomic E-state index is 0.199. The molecule has 0 radical (unpaired) electrons. The number of pyridine rings is 2. The molecule has 9 nitrogen and oxygen atoms in total. The summed E-state index contributed by atoms with van der Waals surface area (Å²) in [4.78, 5) is 9.81. The Kier molecular flexibility index (Phi) is 6.64. The molecule has 4 aromatic rings. The average Bonchev–Trinajstić information content (AvgIpc) is 3.49. The number of nitrogens with zero attached hydrogens (tertiary/aromatic N) is 6. The molecule has 0 saturated heterocycles. The summed E-state index contributed by atoms with van der Waals surface area (Å²) in [7, 11) is 0. The molecule has 9 heteroatoms. The highest BCUT2D eigenvalue weighted by atomic mass is 15.3. The highest BCUT2D eigenvalue weighted by Gasteiger charge is 2.24. The Morgan fingerprint density at radius 1 is 0.775 bits per heavy atom. The van der Waals surface area contributed by atoms with Crippen LogP contribution in [0.5, 0.6) is 0 Å². The topological polar surface area (TPSA) is 121 Å². The smallest absolute Gasteiger partial charge is 0.178 e. The van der Waals surface area contributed by atoms with Gasteiger partial charge in [-0.2, -0.15) is 10.2 Å². The lowest BCUT2D eigenvalue weighted by Crippen LogP contribution is -2.29. The number of anilines is 1. The maximum atomic E-state index is 8.70. The Bertz CT molecular complexity index is 1840. The van der Waals surface area contributed by atoms with E-state index >= 15 is 0 Å².